The van der Waals surface area contributed by atoms with Gasteiger partial charge in [0.1, 0.15) is 5.82 Å². The van der Waals surface area contributed by atoms with Crippen LogP contribution in [0.1, 0.15) is 68.6 Å². The van der Waals surface area contributed by atoms with E-state index in [1.807, 2.05) is 13.8 Å². The van der Waals surface area contributed by atoms with Crippen LogP contribution in [0.2, 0.25) is 0 Å². The highest BCUT2D eigenvalue weighted by molar-refractivity contribution is 7.89. The lowest BCUT2D eigenvalue weighted by molar-refractivity contribution is -0.138. The molecule has 0 spiro atoms. The number of nitrogens with one attached hydrogen (secondary N) is 2. The molecule has 4 N–H and O–H groups in total. The van der Waals surface area contributed by atoms with Gasteiger partial charge in [-0.1, -0.05) is 18.2 Å². The molecule has 13 heteroatoms. The fourth-order valence-corrected chi connectivity index (χ4v) is 9.19. The van der Waals surface area contributed by atoms with E-state index in [-0.39, 0.29) is 54.0 Å². The summed E-state index contributed by atoms with van der Waals surface area (Å²) in [6.07, 6.45) is -2.39. The van der Waals surface area contributed by atoms with Crippen LogP contribution in [-0.4, -0.2) is 67.8 Å². The van der Waals surface area contributed by atoms with Crippen LogP contribution in [0.25, 0.3) is 0 Å². The van der Waals surface area contributed by atoms with Crippen molar-refractivity contribution >= 4 is 21.6 Å². The number of anilines is 1. The largest absolute Gasteiger partial charge is 0.416 e. The Morgan fingerprint density at radius 1 is 1.13 bits per heavy atom. The Morgan fingerprint density at radius 3 is 2.49 bits per heavy atom. The third-order valence-corrected chi connectivity index (χ3v) is 11.4. The van der Waals surface area contributed by atoms with Crippen molar-refractivity contribution in [3.63, 3.8) is 0 Å². The number of nitrogens with zero attached hydrogens (tertiary/aromatic N) is 1. The van der Waals surface area contributed by atoms with Gasteiger partial charge in [-0.05, 0) is 93.7 Å². The minimum atomic E-state index is -4.70. The van der Waals surface area contributed by atoms with Gasteiger partial charge in [-0.2, -0.15) is 17.5 Å². The van der Waals surface area contributed by atoms with Gasteiger partial charge in [0.2, 0.25) is 15.9 Å². The fourth-order valence-electron chi connectivity index (χ4n) is 7.38. The fraction of sp³-hybridized carbons (Fsp3) is 0.594. The van der Waals surface area contributed by atoms with Crippen LogP contribution in [0.5, 0.6) is 0 Å². The van der Waals surface area contributed by atoms with Crippen molar-refractivity contribution in [3.05, 3.63) is 65.0 Å². The first-order valence-corrected chi connectivity index (χ1v) is 17.2. The van der Waals surface area contributed by atoms with Crippen molar-refractivity contribution in [1.82, 2.24) is 9.62 Å². The van der Waals surface area contributed by atoms with Crippen LogP contribution >= 0.6 is 0 Å². The third-order valence-electron chi connectivity index (χ3n) is 9.42. The number of carbonyl (C=O) groups is 1. The molecule has 8 atom stereocenters. The first-order valence-electron chi connectivity index (χ1n) is 15.6. The summed E-state index contributed by atoms with van der Waals surface area (Å²) in [7, 11) is -3.53. The Balaban J connectivity index is 1.41. The molecule has 2 aromatic rings. The predicted octanol–water partition coefficient (Wildman–Crippen LogP) is 4.80. The molecule has 2 bridgehead atoms. The minimum absolute atomic E-state index is 0.0138. The van der Waals surface area contributed by atoms with Crippen molar-refractivity contribution in [1.29, 1.82) is 0 Å². The van der Waals surface area contributed by atoms with E-state index in [2.05, 4.69) is 10.6 Å². The number of amides is 1. The average Bonchev–Trinajstić information content (AvgIpc) is 3.08. The molecule has 3 aliphatic heterocycles. The van der Waals surface area contributed by atoms with Crippen LogP contribution in [-0.2, 0) is 32.2 Å². The number of hydrogen-bond donors (Lipinski definition) is 3. The topological polar surface area (TPSA) is 114 Å². The van der Waals surface area contributed by atoms with Gasteiger partial charge in [-0.3, -0.25) is 4.79 Å². The SMILES string of the molecule is C[C@@H]1CC([C@H](c2ccc(F)cc2)[C@H](N)C(=O)Nc2cccc(C(F)(F)F)c2CCC2CN[C@@H]3CCCS(=O)(=O)N2C3)C[C@H](C)O1. The van der Waals surface area contributed by atoms with E-state index in [1.54, 1.807) is 12.1 Å². The molecule has 8 nitrogen and oxygen atoms in total. The lowest BCUT2D eigenvalue weighted by Gasteiger charge is -2.39. The van der Waals surface area contributed by atoms with Crippen LogP contribution < -0.4 is 16.4 Å². The van der Waals surface area contributed by atoms with E-state index in [1.165, 1.54) is 28.6 Å². The number of fused-ring (bicyclic) bond motifs is 2. The van der Waals surface area contributed by atoms with E-state index < -0.39 is 51.5 Å². The number of sulfonamides is 1. The monoisotopic (exact) mass is 654 g/mol. The van der Waals surface area contributed by atoms with Gasteiger partial charge < -0.3 is 21.1 Å². The molecule has 3 aliphatic rings. The Bertz CT molecular complexity index is 1450. The zero-order chi connectivity index (χ0) is 32.5. The Morgan fingerprint density at radius 2 is 1.82 bits per heavy atom. The molecule has 45 heavy (non-hydrogen) atoms. The zero-order valence-electron chi connectivity index (χ0n) is 25.5. The lowest BCUT2D eigenvalue weighted by atomic mass is 9.74. The molecule has 3 fully saturated rings. The molecule has 5 rings (SSSR count). The second-order valence-corrected chi connectivity index (χ2v) is 14.8. The van der Waals surface area contributed by atoms with Gasteiger partial charge in [0.25, 0.3) is 0 Å². The van der Waals surface area contributed by atoms with Gasteiger partial charge >= 0.3 is 6.18 Å². The Kier molecular flexibility index (Phi) is 10.2. The van der Waals surface area contributed by atoms with Crippen molar-refractivity contribution in [3.8, 4) is 0 Å². The second kappa shape index (κ2) is 13.6. The van der Waals surface area contributed by atoms with Crippen LogP contribution in [0, 0.1) is 11.7 Å². The number of carbonyl (C=O) groups excluding carboxylic acids is 1. The highest BCUT2D eigenvalue weighted by atomic mass is 32.2. The number of hydrogen-bond acceptors (Lipinski definition) is 6. The van der Waals surface area contributed by atoms with E-state index in [9.17, 15) is 30.8 Å². The Labute approximate surface area is 262 Å². The summed E-state index contributed by atoms with van der Waals surface area (Å²) in [5.41, 5.74) is 6.25. The molecular weight excluding hydrogens is 612 g/mol. The number of halogens is 4. The molecule has 0 saturated carbocycles. The predicted molar refractivity (Wildman–Crippen MR) is 164 cm³/mol. The number of piperazine rings is 1. The number of ether oxygens (including phenoxy) is 1. The van der Waals surface area contributed by atoms with Crippen LogP contribution in [0.4, 0.5) is 23.2 Å². The van der Waals surface area contributed by atoms with Gasteiger partial charge in [0, 0.05) is 36.8 Å². The van der Waals surface area contributed by atoms with Crippen molar-refractivity contribution in [2.75, 3.05) is 24.2 Å². The molecule has 3 heterocycles. The van der Waals surface area contributed by atoms with Gasteiger partial charge in [-0.25, -0.2) is 12.8 Å². The number of benzene rings is 2. The molecule has 2 aromatic carbocycles. The van der Waals surface area contributed by atoms with E-state index in [4.69, 9.17) is 10.5 Å². The molecule has 3 saturated heterocycles. The van der Waals surface area contributed by atoms with Gasteiger partial charge in [0.05, 0.1) is 29.6 Å². The maximum atomic E-state index is 14.3. The summed E-state index contributed by atoms with van der Waals surface area (Å²) in [6, 6.07) is 7.76. The molecule has 3 unspecified atom stereocenters. The normalized spacial score (nSPS) is 29.8. The average molecular weight is 655 g/mol. The summed E-state index contributed by atoms with van der Waals surface area (Å²) >= 11 is 0. The van der Waals surface area contributed by atoms with E-state index in [0.717, 1.165) is 12.5 Å². The number of alkyl halides is 3. The number of nitrogens with two attached hydrogens (primary N) is 1. The number of rotatable bonds is 8. The summed E-state index contributed by atoms with van der Waals surface area (Å²) < 4.78 is 89.8. The summed E-state index contributed by atoms with van der Waals surface area (Å²) in [4.78, 5) is 13.8. The Hall–Kier alpha value is -2.58. The summed E-state index contributed by atoms with van der Waals surface area (Å²) in [6.45, 7) is 4.50. The molecular formula is C32H42F4N4O4S. The second-order valence-electron chi connectivity index (χ2n) is 12.7. The molecule has 248 valence electrons. The maximum Gasteiger partial charge on any atom is 0.416 e. The first kappa shape index (κ1) is 33.8. The van der Waals surface area contributed by atoms with E-state index >= 15 is 0 Å². The quantitative estimate of drug-likeness (QED) is 0.353. The molecule has 0 aromatic heterocycles. The van der Waals surface area contributed by atoms with Gasteiger partial charge in [0.15, 0.2) is 0 Å². The molecule has 1 amide bonds. The van der Waals surface area contributed by atoms with E-state index in [0.29, 0.717) is 37.9 Å². The third kappa shape index (κ3) is 7.87. The zero-order valence-corrected chi connectivity index (χ0v) is 26.3. The van der Waals surface area contributed by atoms with Crippen molar-refractivity contribution in [2.24, 2.45) is 11.7 Å². The molecule has 0 radical (unpaired) electrons. The van der Waals surface area contributed by atoms with Gasteiger partial charge in [-0.15, -0.1) is 0 Å². The molecule has 0 aliphatic carbocycles. The first-order chi connectivity index (χ1) is 21.2. The standard InChI is InChI=1S/C32H42F4N4O4S/c1-19-15-22(16-20(2)44-19)29(21-8-10-23(33)11-9-21)30(37)31(41)39-28-7-3-6-27(32(34,35)36)26(28)13-12-25-17-38-24-5-4-14-45(42,43)40(25)18-24/h3,6-11,19-20,22,24-25,29-30,38H,4-5,12-18,37H2,1-2H3,(H,39,41)/t19-,20+,22?,24-,25?,29+,30+/m1/s1. The van der Waals surface area contributed by atoms with Crippen LogP contribution in [0.3, 0.4) is 0 Å². The highest BCUT2D eigenvalue weighted by Gasteiger charge is 2.41. The summed E-state index contributed by atoms with van der Waals surface area (Å²) in [5.74, 6) is -1.71. The highest BCUT2D eigenvalue weighted by Crippen LogP contribution is 2.40. The van der Waals surface area contributed by atoms with Crippen LogP contribution in [0.15, 0.2) is 42.5 Å². The minimum Gasteiger partial charge on any atom is -0.376 e. The maximum absolute atomic E-state index is 14.3. The van der Waals surface area contributed by atoms with Crippen molar-refractivity contribution < 1.29 is 35.5 Å². The summed E-state index contributed by atoms with van der Waals surface area (Å²) in [5, 5.41) is 6.03. The lowest BCUT2D eigenvalue weighted by Crippen LogP contribution is -2.57. The smallest absolute Gasteiger partial charge is 0.376 e. The van der Waals surface area contributed by atoms with Crippen molar-refractivity contribution in [2.45, 2.75) is 94.8 Å².